The minimum absolute atomic E-state index is 0.0540. The molecule has 0 spiro atoms. The van der Waals surface area contributed by atoms with Gasteiger partial charge in [-0.2, -0.15) is 0 Å². The third kappa shape index (κ3) is 5.41. The van der Waals surface area contributed by atoms with Crippen molar-refractivity contribution < 1.29 is 10.0 Å². The zero-order valence-corrected chi connectivity index (χ0v) is 21.0. The Bertz CT molecular complexity index is 1570. The number of phenolic OH excluding ortho intramolecular Hbond substituents is 1. The number of aromatic hydroxyl groups is 1. The molecule has 0 bridgehead atoms. The van der Waals surface area contributed by atoms with Crippen molar-refractivity contribution in [3.8, 4) is 5.75 Å². The normalized spacial score (nSPS) is 12.2. The van der Waals surface area contributed by atoms with Gasteiger partial charge in [-0.15, -0.1) is 11.3 Å². The molecule has 5 rings (SSSR count). The Morgan fingerprint density at radius 3 is 2.50 bits per heavy atom. The van der Waals surface area contributed by atoms with E-state index in [-0.39, 0.29) is 22.3 Å². The molecule has 0 aliphatic rings. The largest absolute Gasteiger partial charge is 0.507 e. The van der Waals surface area contributed by atoms with Crippen LogP contribution in [0.25, 0.3) is 10.2 Å². The Morgan fingerprint density at radius 2 is 1.75 bits per heavy atom. The average molecular weight is 532 g/mol. The highest BCUT2D eigenvalue weighted by molar-refractivity contribution is 8.01. The Hall–Kier alpha value is -3.72. The fraction of sp³-hybridized carbons (Fsp3) is 0.0370. The van der Waals surface area contributed by atoms with Crippen LogP contribution in [0.3, 0.4) is 0 Å². The van der Waals surface area contributed by atoms with Crippen LogP contribution in [0, 0.1) is 10.1 Å². The van der Waals surface area contributed by atoms with Crippen molar-refractivity contribution >= 4 is 62.5 Å². The lowest BCUT2D eigenvalue weighted by atomic mass is 10.0. The van der Waals surface area contributed by atoms with E-state index in [1.807, 2.05) is 60.7 Å². The second-order valence-electron chi connectivity index (χ2n) is 7.85. The number of hydrogen-bond donors (Lipinski definition) is 1. The molecule has 36 heavy (non-hydrogen) atoms. The molecule has 4 aromatic carbocycles. The Morgan fingerprint density at radius 1 is 1.00 bits per heavy atom. The lowest BCUT2D eigenvalue weighted by Gasteiger charge is -2.16. The smallest absolute Gasteiger partial charge is 0.270 e. The maximum atomic E-state index is 11.0. The summed E-state index contributed by atoms with van der Waals surface area (Å²) >= 11 is 9.37. The van der Waals surface area contributed by atoms with Gasteiger partial charge in [-0.25, -0.2) is 4.98 Å². The molecule has 0 saturated heterocycles. The fourth-order valence-electron chi connectivity index (χ4n) is 3.62. The standard InChI is InChI=1S/C27H18ClN3O3S2/c28-20-8-6-18(7-9-20)26(17-4-2-1-3-5-17)36-27-30-23-12-10-21(15-25(23)35-27)29-16-19-14-22(31(33)34)11-13-24(19)32/h1-16,26,32H/t26-/m0/s1. The van der Waals surface area contributed by atoms with Crippen LogP contribution in [-0.2, 0) is 0 Å². The highest BCUT2D eigenvalue weighted by atomic mass is 35.5. The van der Waals surface area contributed by atoms with Crippen molar-refractivity contribution in [3.63, 3.8) is 0 Å². The number of thioether (sulfide) groups is 1. The van der Waals surface area contributed by atoms with E-state index >= 15 is 0 Å². The molecule has 1 atom stereocenters. The number of hydrogen-bond acceptors (Lipinski definition) is 7. The maximum absolute atomic E-state index is 11.0. The molecule has 9 heteroatoms. The van der Waals surface area contributed by atoms with Crippen LogP contribution in [0.4, 0.5) is 11.4 Å². The van der Waals surface area contributed by atoms with E-state index in [2.05, 4.69) is 17.1 Å². The summed E-state index contributed by atoms with van der Waals surface area (Å²) in [6.07, 6.45) is 1.42. The summed E-state index contributed by atoms with van der Waals surface area (Å²) in [5, 5.41) is 21.8. The van der Waals surface area contributed by atoms with Gasteiger partial charge in [-0.3, -0.25) is 15.1 Å². The lowest BCUT2D eigenvalue weighted by molar-refractivity contribution is -0.384. The van der Waals surface area contributed by atoms with Gasteiger partial charge in [0.25, 0.3) is 5.69 Å². The number of fused-ring (bicyclic) bond motifs is 1. The zero-order chi connectivity index (χ0) is 25.1. The number of non-ortho nitro benzene ring substituents is 1. The number of benzene rings is 4. The first kappa shape index (κ1) is 24.0. The highest BCUT2D eigenvalue weighted by Gasteiger charge is 2.18. The Labute approximate surface area is 220 Å². The molecule has 5 aromatic rings. The molecule has 0 aliphatic heterocycles. The van der Waals surface area contributed by atoms with Gasteiger partial charge in [0.2, 0.25) is 0 Å². The van der Waals surface area contributed by atoms with Gasteiger partial charge in [0.15, 0.2) is 4.34 Å². The number of halogens is 1. The molecule has 0 amide bonds. The van der Waals surface area contributed by atoms with E-state index in [4.69, 9.17) is 16.6 Å². The first-order valence-electron chi connectivity index (χ1n) is 10.9. The first-order chi connectivity index (χ1) is 17.5. The van der Waals surface area contributed by atoms with Crippen LogP contribution in [0.15, 0.2) is 100 Å². The Balaban J connectivity index is 1.42. The molecule has 0 fully saturated rings. The number of aromatic nitrogens is 1. The number of rotatable bonds is 7. The van der Waals surface area contributed by atoms with E-state index < -0.39 is 4.92 Å². The van der Waals surface area contributed by atoms with Gasteiger partial charge in [-0.1, -0.05) is 65.8 Å². The lowest BCUT2D eigenvalue weighted by Crippen LogP contribution is -1.96. The summed E-state index contributed by atoms with van der Waals surface area (Å²) < 4.78 is 1.89. The molecule has 1 aromatic heterocycles. The number of phenols is 1. The average Bonchev–Trinajstić information content (AvgIpc) is 3.29. The van der Waals surface area contributed by atoms with E-state index in [0.717, 1.165) is 20.1 Å². The van der Waals surface area contributed by atoms with Crippen molar-refractivity contribution in [1.82, 2.24) is 4.98 Å². The van der Waals surface area contributed by atoms with Gasteiger partial charge >= 0.3 is 0 Å². The highest BCUT2D eigenvalue weighted by Crippen LogP contribution is 2.43. The van der Waals surface area contributed by atoms with Crippen molar-refractivity contribution in [3.05, 3.63) is 123 Å². The van der Waals surface area contributed by atoms with E-state index in [0.29, 0.717) is 10.7 Å². The van der Waals surface area contributed by atoms with Crippen molar-refractivity contribution in [2.45, 2.75) is 9.59 Å². The van der Waals surface area contributed by atoms with E-state index in [1.54, 1.807) is 23.1 Å². The minimum atomic E-state index is -0.508. The van der Waals surface area contributed by atoms with Crippen LogP contribution in [-0.4, -0.2) is 21.2 Å². The van der Waals surface area contributed by atoms with Gasteiger partial charge in [0.05, 0.1) is 26.1 Å². The molecule has 1 heterocycles. The first-order valence-corrected chi connectivity index (χ1v) is 12.9. The van der Waals surface area contributed by atoms with Crippen LogP contribution >= 0.6 is 34.7 Å². The number of thiazole rings is 1. The molecule has 6 nitrogen and oxygen atoms in total. The number of nitro benzene ring substituents is 1. The van der Waals surface area contributed by atoms with Gasteiger partial charge < -0.3 is 5.11 Å². The number of nitro groups is 1. The Kier molecular flexibility index (Phi) is 6.99. The van der Waals surface area contributed by atoms with Crippen LogP contribution in [0.2, 0.25) is 5.02 Å². The summed E-state index contributed by atoms with van der Waals surface area (Å²) in [4.78, 5) is 19.7. The summed E-state index contributed by atoms with van der Waals surface area (Å²) in [6.45, 7) is 0. The number of aliphatic imine (C=N–C) groups is 1. The zero-order valence-electron chi connectivity index (χ0n) is 18.6. The molecular formula is C27H18ClN3O3S2. The topological polar surface area (TPSA) is 88.6 Å². The number of nitrogens with zero attached hydrogens (tertiary/aromatic N) is 3. The van der Waals surface area contributed by atoms with Gasteiger partial charge in [-0.05, 0) is 47.5 Å². The quantitative estimate of drug-likeness (QED) is 0.0989. The summed E-state index contributed by atoms with van der Waals surface area (Å²) in [6, 6.07) is 27.6. The molecule has 0 radical (unpaired) electrons. The van der Waals surface area contributed by atoms with Crippen molar-refractivity contribution in [2.24, 2.45) is 4.99 Å². The van der Waals surface area contributed by atoms with E-state index in [9.17, 15) is 15.2 Å². The summed E-state index contributed by atoms with van der Waals surface area (Å²) in [5.41, 5.74) is 4.00. The molecule has 0 saturated carbocycles. The third-order valence-corrected chi connectivity index (χ3v) is 8.10. The molecule has 1 N–H and O–H groups in total. The van der Waals surface area contributed by atoms with Crippen LogP contribution < -0.4 is 0 Å². The predicted octanol–water partition coefficient (Wildman–Crippen LogP) is 8.20. The summed E-state index contributed by atoms with van der Waals surface area (Å²) in [7, 11) is 0. The summed E-state index contributed by atoms with van der Waals surface area (Å²) in [5.74, 6) is -0.0731. The predicted molar refractivity (Wildman–Crippen MR) is 147 cm³/mol. The second-order valence-corrected chi connectivity index (χ2v) is 10.7. The van der Waals surface area contributed by atoms with Gasteiger partial charge in [0.1, 0.15) is 5.75 Å². The fourth-order valence-corrected chi connectivity index (χ4v) is 6.17. The second kappa shape index (κ2) is 10.5. The van der Waals surface area contributed by atoms with E-state index in [1.165, 1.54) is 30.0 Å². The monoisotopic (exact) mass is 531 g/mol. The third-order valence-electron chi connectivity index (χ3n) is 5.42. The molecular weight excluding hydrogens is 514 g/mol. The van der Waals surface area contributed by atoms with Crippen molar-refractivity contribution in [2.75, 3.05) is 0 Å². The SMILES string of the molecule is O=[N+]([O-])c1ccc(O)c(C=Nc2ccc3nc(S[C@@H](c4ccccc4)c4ccc(Cl)cc4)sc3c2)c1. The molecule has 0 aliphatic carbocycles. The van der Waals surface area contributed by atoms with Crippen LogP contribution in [0.1, 0.15) is 21.9 Å². The maximum Gasteiger partial charge on any atom is 0.270 e. The van der Waals surface area contributed by atoms with Gasteiger partial charge in [0, 0.05) is 28.9 Å². The van der Waals surface area contributed by atoms with Crippen molar-refractivity contribution in [1.29, 1.82) is 0 Å². The van der Waals surface area contributed by atoms with Crippen LogP contribution in [0.5, 0.6) is 5.75 Å². The molecule has 178 valence electrons. The molecule has 0 unspecified atom stereocenters. The minimum Gasteiger partial charge on any atom is -0.507 e.